The fraction of sp³-hybridized carbons (Fsp3) is 0.857. The lowest BCUT2D eigenvalue weighted by Gasteiger charge is -2.48. The molecule has 0 heterocycles. The van der Waals surface area contributed by atoms with Crippen LogP contribution in [0.5, 0.6) is 0 Å². The summed E-state index contributed by atoms with van der Waals surface area (Å²) in [5, 5.41) is 0. The molecule has 0 saturated heterocycles. The highest BCUT2D eigenvalue weighted by Crippen LogP contribution is 2.62. The second kappa shape index (κ2) is 4.99. The van der Waals surface area contributed by atoms with Crippen molar-refractivity contribution in [3.8, 4) is 0 Å². The Bertz CT molecular complexity index is 447. The van der Waals surface area contributed by atoms with Crippen molar-refractivity contribution in [2.24, 2.45) is 23.7 Å². The van der Waals surface area contributed by atoms with Crippen molar-refractivity contribution in [1.82, 2.24) is 0 Å². The van der Waals surface area contributed by atoms with Gasteiger partial charge in [-0.05, 0) is 43.8 Å². The summed E-state index contributed by atoms with van der Waals surface area (Å²) in [5.74, 6) is -3.30. The summed E-state index contributed by atoms with van der Waals surface area (Å²) in [7, 11) is -3.10. The van der Waals surface area contributed by atoms with Crippen LogP contribution in [0.15, 0.2) is 12.2 Å². The van der Waals surface area contributed by atoms with Gasteiger partial charge in [-0.2, -0.15) is 26.3 Å². The Balaban J connectivity index is 2.61. The van der Waals surface area contributed by atoms with E-state index in [2.05, 4.69) is 0 Å². The van der Waals surface area contributed by atoms with E-state index < -0.39 is 44.0 Å². The van der Waals surface area contributed by atoms with E-state index in [9.17, 15) is 26.3 Å². The van der Waals surface area contributed by atoms with Gasteiger partial charge in [0.1, 0.15) is 0 Å². The van der Waals surface area contributed by atoms with Crippen LogP contribution in [0.25, 0.3) is 0 Å². The topological polar surface area (TPSA) is 9.23 Å². The monoisotopic (exact) mass is 346 g/mol. The van der Waals surface area contributed by atoms with Crippen LogP contribution < -0.4 is 0 Å². The Morgan fingerprint density at radius 1 is 0.909 bits per heavy atom. The Hall–Kier alpha value is -0.503. The van der Waals surface area contributed by atoms with Gasteiger partial charge in [0.25, 0.3) is 5.60 Å². The number of allylic oxidation sites excluding steroid dienone is 2. The van der Waals surface area contributed by atoms with Gasteiger partial charge in [0.2, 0.25) is 0 Å². The molecule has 0 aromatic heterocycles. The van der Waals surface area contributed by atoms with Crippen molar-refractivity contribution in [3.63, 3.8) is 0 Å². The molecule has 1 saturated carbocycles. The molecule has 1 nitrogen and oxygen atoms in total. The minimum atomic E-state index is -5.50. The smallest absolute Gasteiger partial charge is 0.397 e. The standard InChI is InChI=1S/C14H20F6OSi/c1-8-9-5-6-10(7-9)11(8)12(13(15,16)17,14(18,19)20)21-22(2,3)4/h5-6,8-11H,7H2,1-4H3. The van der Waals surface area contributed by atoms with E-state index in [1.54, 1.807) is 6.08 Å². The number of halogens is 6. The zero-order valence-electron chi connectivity index (χ0n) is 12.8. The zero-order valence-corrected chi connectivity index (χ0v) is 13.8. The highest BCUT2D eigenvalue weighted by Gasteiger charge is 2.78. The van der Waals surface area contributed by atoms with Crippen LogP contribution in [0.1, 0.15) is 13.3 Å². The molecule has 128 valence electrons. The van der Waals surface area contributed by atoms with Crippen molar-refractivity contribution >= 4 is 8.32 Å². The molecule has 2 aliphatic carbocycles. The van der Waals surface area contributed by atoms with Crippen molar-refractivity contribution in [2.45, 2.75) is 50.9 Å². The second-order valence-electron chi connectivity index (χ2n) is 7.28. The average molecular weight is 346 g/mol. The molecule has 8 heteroatoms. The van der Waals surface area contributed by atoms with Crippen LogP contribution in [0, 0.1) is 23.7 Å². The Morgan fingerprint density at radius 3 is 1.68 bits per heavy atom. The first-order valence-electron chi connectivity index (χ1n) is 7.22. The first kappa shape index (κ1) is 17.8. The summed E-state index contributed by atoms with van der Waals surface area (Å²) in [4.78, 5) is 0. The number of hydrogen-bond acceptors (Lipinski definition) is 1. The summed E-state index contributed by atoms with van der Waals surface area (Å²) in [6.45, 7) is 5.53. The third-order valence-electron chi connectivity index (χ3n) is 4.63. The van der Waals surface area contributed by atoms with Gasteiger partial charge in [-0.1, -0.05) is 19.1 Å². The first-order chi connectivity index (χ1) is 9.71. The third kappa shape index (κ3) is 2.62. The zero-order chi connectivity index (χ0) is 17.1. The Labute approximate surface area is 126 Å². The third-order valence-corrected chi connectivity index (χ3v) is 5.57. The van der Waals surface area contributed by atoms with E-state index in [1.165, 1.54) is 32.6 Å². The van der Waals surface area contributed by atoms with Gasteiger partial charge in [-0.15, -0.1) is 0 Å². The molecule has 4 atom stereocenters. The van der Waals surface area contributed by atoms with Crippen molar-refractivity contribution in [3.05, 3.63) is 12.2 Å². The van der Waals surface area contributed by atoms with Gasteiger partial charge >= 0.3 is 12.4 Å². The van der Waals surface area contributed by atoms with Gasteiger partial charge in [0.05, 0.1) is 0 Å². The van der Waals surface area contributed by atoms with Crippen LogP contribution in [-0.4, -0.2) is 26.3 Å². The molecule has 22 heavy (non-hydrogen) atoms. The molecule has 0 aliphatic heterocycles. The summed E-state index contributed by atoms with van der Waals surface area (Å²) >= 11 is 0. The molecule has 0 radical (unpaired) electrons. The van der Waals surface area contributed by atoms with E-state index in [-0.39, 0.29) is 5.92 Å². The minimum Gasteiger partial charge on any atom is -0.397 e. The van der Waals surface area contributed by atoms with Crippen LogP contribution in [0.2, 0.25) is 19.6 Å². The summed E-state index contributed by atoms with van der Waals surface area (Å²) in [6, 6.07) is 0. The maximum absolute atomic E-state index is 13.7. The van der Waals surface area contributed by atoms with E-state index >= 15 is 0 Å². The minimum absolute atomic E-state index is 0.232. The first-order valence-corrected chi connectivity index (χ1v) is 10.6. The Morgan fingerprint density at radius 2 is 1.36 bits per heavy atom. The highest BCUT2D eigenvalue weighted by molar-refractivity contribution is 6.69. The molecule has 0 aromatic carbocycles. The number of hydrogen-bond donors (Lipinski definition) is 0. The Kier molecular flexibility index (Phi) is 4.05. The molecule has 2 rings (SSSR count). The quantitative estimate of drug-likeness (QED) is 0.390. The number of alkyl halides is 6. The van der Waals surface area contributed by atoms with Crippen LogP contribution in [0.3, 0.4) is 0 Å². The molecule has 0 N–H and O–H groups in total. The van der Waals surface area contributed by atoms with Gasteiger partial charge in [0, 0.05) is 5.92 Å². The molecule has 2 bridgehead atoms. The lowest BCUT2D eigenvalue weighted by molar-refractivity contribution is -0.382. The van der Waals surface area contributed by atoms with Crippen LogP contribution in [-0.2, 0) is 4.43 Å². The average Bonchev–Trinajstić information content (AvgIpc) is 2.82. The molecule has 2 aliphatic rings. The largest absolute Gasteiger partial charge is 0.425 e. The van der Waals surface area contributed by atoms with Crippen molar-refractivity contribution in [1.29, 1.82) is 0 Å². The number of rotatable bonds is 3. The molecular formula is C14H20F6OSi. The SMILES string of the molecule is CC1C2C=CC(C2)C1C(O[Si](C)(C)C)(C(F)(F)F)C(F)(F)F. The maximum Gasteiger partial charge on any atom is 0.425 e. The van der Waals surface area contributed by atoms with Crippen LogP contribution in [0.4, 0.5) is 26.3 Å². The molecule has 0 amide bonds. The lowest BCUT2D eigenvalue weighted by Crippen LogP contribution is -2.68. The van der Waals surface area contributed by atoms with E-state index in [0.717, 1.165) is 0 Å². The van der Waals surface area contributed by atoms with Gasteiger partial charge in [-0.25, -0.2) is 0 Å². The summed E-state index contributed by atoms with van der Waals surface area (Å²) in [5.41, 5.74) is -4.08. The second-order valence-corrected chi connectivity index (χ2v) is 11.7. The lowest BCUT2D eigenvalue weighted by atomic mass is 9.72. The molecule has 0 spiro atoms. The van der Waals surface area contributed by atoms with E-state index in [4.69, 9.17) is 4.43 Å². The maximum atomic E-state index is 13.7. The van der Waals surface area contributed by atoms with E-state index in [0.29, 0.717) is 6.42 Å². The van der Waals surface area contributed by atoms with Crippen molar-refractivity contribution in [2.75, 3.05) is 0 Å². The number of fused-ring (bicyclic) bond motifs is 2. The molecular weight excluding hydrogens is 326 g/mol. The van der Waals surface area contributed by atoms with Gasteiger partial charge in [0.15, 0.2) is 8.32 Å². The van der Waals surface area contributed by atoms with Crippen LogP contribution >= 0.6 is 0 Å². The molecule has 0 aromatic rings. The predicted octanol–water partition coefficient (Wildman–Crippen LogP) is 5.16. The normalized spacial score (nSPS) is 32.8. The summed E-state index contributed by atoms with van der Waals surface area (Å²) in [6.07, 6.45) is -7.42. The molecule has 1 fully saturated rings. The van der Waals surface area contributed by atoms with Gasteiger partial charge < -0.3 is 4.43 Å². The predicted molar refractivity (Wildman–Crippen MR) is 72.7 cm³/mol. The van der Waals surface area contributed by atoms with Gasteiger partial charge in [-0.3, -0.25) is 0 Å². The highest BCUT2D eigenvalue weighted by atomic mass is 28.4. The van der Waals surface area contributed by atoms with Crippen molar-refractivity contribution < 1.29 is 30.8 Å². The summed E-state index contributed by atoms with van der Waals surface area (Å²) < 4.78 is 87.1. The van der Waals surface area contributed by atoms with E-state index in [1.807, 2.05) is 0 Å². The fourth-order valence-corrected chi connectivity index (χ4v) is 5.28. The molecule has 4 unspecified atom stereocenters. The fourth-order valence-electron chi connectivity index (χ4n) is 3.95.